The van der Waals surface area contributed by atoms with Gasteiger partial charge < -0.3 is 10.1 Å². The second kappa shape index (κ2) is 13.4. The van der Waals surface area contributed by atoms with Crippen molar-refractivity contribution in [2.45, 2.75) is 50.9 Å². The highest BCUT2D eigenvalue weighted by Gasteiger charge is 2.26. The summed E-state index contributed by atoms with van der Waals surface area (Å²) in [4.78, 5) is 41.7. The van der Waals surface area contributed by atoms with Crippen LogP contribution in [0.25, 0.3) is 0 Å². The summed E-state index contributed by atoms with van der Waals surface area (Å²) in [5.74, 6) is 0.0101. The maximum absolute atomic E-state index is 12.8. The molecule has 0 bridgehead atoms. The first-order chi connectivity index (χ1) is 14.4. The number of ether oxygens (including phenoxy) is 1. The van der Waals surface area contributed by atoms with Gasteiger partial charge in [0.05, 0.1) is 36.2 Å². The minimum absolute atomic E-state index is 0.0720. The third kappa shape index (κ3) is 8.24. The zero-order valence-electron chi connectivity index (χ0n) is 17.6. The number of alkyl halides is 1. The van der Waals surface area contributed by atoms with Gasteiger partial charge in [0, 0.05) is 31.7 Å². The molecule has 0 saturated heterocycles. The fraction of sp³-hybridized carbons (Fsp3) is 0.429. The largest absolute Gasteiger partial charge is 0.501 e. The number of pyridine rings is 1. The number of imide groups is 1. The third-order valence-corrected chi connectivity index (χ3v) is 4.74. The highest BCUT2D eigenvalue weighted by atomic mass is 35.5. The molecule has 0 aliphatic carbocycles. The molecule has 2 N–H and O–H groups in total. The summed E-state index contributed by atoms with van der Waals surface area (Å²) in [6.45, 7) is 7.25. The molecule has 8 nitrogen and oxygen atoms in total. The maximum Gasteiger partial charge on any atom is 0.321 e. The van der Waals surface area contributed by atoms with Crippen molar-refractivity contribution in [2.75, 3.05) is 12.0 Å². The zero-order chi connectivity index (χ0) is 22.5. The summed E-state index contributed by atoms with van der Waals surface area (Å²) in [7, 11) is 1.56. The van der Waals surface area contributed by atoms with E-state index in [0.717, 1.165) is 5.76 Å². The van der Waals surface area contributed by atoms with Crippen LogP contribution in [0.15, 0.2) is 49.1 Å². The van der Waals surface area contributed by atoms with Crippen molar-refractivity contribution in [3.63, 3.8) is 0 Å². The second-order valence-corrected chi connectivity index (χ2v) is 6.88. The summed E-state index contributed by atoms with van der Waals surface area (Å²) >= 11 is 6.52. The van der Waals surface area contributed by atoms with Gasteiger partial charge >= 0.3 is 6.03 Å². The molecule has 2 atom stereocenters. The van der Waals surface area contributed by atoms with Crippen molar-refractivity contribution >= 4 is 35.1 Å². The Morgan fingerprint density at radius 3 is 2.60 bits per heavy atom. The summed E-state index contributed by atoms with van der Waals surface area (Å²) < 4.78 is 5.25. The lowest BCUT2D eigenvalue weighted by Gasteiger charge is -2.25. The normalized spacial score (nSPS) is 13.0. The number of carbonyl (C=O) groups excluding carboxylic acids is 3. The Balaban J connectivity index is 2.93. The van der Waals surface area contributed by atoms with Gasteiger partial charge in [-0.05, 0) is 24.6 Å². The molecule has 0 saturated carbocycles. The van der Waals surface area contributed by atoms with E-state index in [-0.39, 0.29) is 18.7 Å². The number of nitrogens with zero attached hydrogens (tertiary/aromatic N) is 2. The van der Waals surface area contributed by atoms with Crippen molar-refractivity contribution in [1.29, 1.82) is 0 Å². The van der Waals surface area contributed by atoms with E-state index in [0.29, 0.717) is 18.5 Å². The van der Waals surface area contributed by atoms with Crippen molar-refractivity contribution in [3.8, 4) is 0 Å². The number of hydrogen-bond donors (Lipinski definition) is 2. The number of urea groups is 1. The van der Waals surface area contributed by atoms with E-state index in [1.54, 1.807) is 38.4 Å². The third-order valence-electron chi connectivity index (χ3n) is 4.28. The van der Waals surface area contributed by atoms with Gasteiger partial charge in [-0.15, -0.1) is 11.6 Å². The smallest absolute Gasteiger partial charge is 0.321 e. The van der Waals surface area contributed by atoms with Crippen LogP contribution in [0.4, 0.5) is 10.5 Å². The van der Waals surface area contributed by atoms with Crippen LogP contribution in [-0.4, -0.2) is 41.4 Å². The van der Waals surface area contributed by atoms with E-state index in [4.69, 9.17) is 16.3 Å². The number of amides is 4. The molecule has 4 amide bonds. The lowest BCUT2D eigenvalue weighted by atomic mass is 10.1. The fourth-order valence-electron chi connectivity index (χ4n) is 2.60. The van der Waals surface area contributed by atoms with Crippen molar-refractivity contribution in [1.82, 2.24) is 15.6 Å². The van der Waals surface area contributed by atoms with Crippen molar-refractivity contribution in [3.05, 3.63) is 49.1 Å². The minimum Gasteiger partial charge on any atom is -0.501 e. The molecule has 1 aromatic rings. The van der Waals surface area contributed by atoms with Gasteiger partial charge in [0.15, 0.2) is 0 Å². The topological polar surface area (TPSA) is 101 Å². The Labute approximate surface area is 182 Å². The molecule has 0 radical (unpaired) electrons. The average Bonchev–Trinajstić information content (AvgIpc) is 2.74. The quantitative estimate of drug-likeness (QED) is 0.408. The van der Waals surface area contributed by atoms with Crippen LogP contribution in [0.5, 0.6) is 0 Å². The van der Waals surface area contributed by atoms with Crippen LogP contribution < -0.4 is 15.5 Å². The number of nitrogens with one attached hydrogen (secondary N) is 2. The first-order valence-corrected chi connectivity index (χ1v) is 10.1. The number of halogens is 1. The molecule has 30 heavy (non-hydrogen) atoms. The Kier molecular flexibility index (Phi) is 11.2. The van der Waals surface area contributed by atoms with Gasteiger partial charge in [0.1, 0.15) is 0 Å². The van der Waals surface area contributed by atoms with E-state index < -0.39 is 23.4 Å². The molecule has 0 spiro atoms. The van der Waals surface area contributed by atoms with Gasteiger partial charge in [0.25, 0.3) is 0 Å². The fourth-order valence-corrected chi connectivity index (χ4v) is 2.90. The predicted molar refractivity (Wildman–Crippen MR) is 117 cm³/mol. The highest BCUT2D eigenvalue weighted by molar-refractivity contribution is 6.23. The van der Waals surface area contributed by atoms with Crippen LogP contribution in [-0.2, 0) is 14.3 Å². The Bertz CT molecular complexity index is 749. The Hall–Kier alpha value is -2.87. The van der Waals surface area contributed by atoms with Gasteiger partial charge in [-0.25, -0.2) is 4.79 Å². The molecule has 0 aromatic carbocycles. The van der Waals surface area contributed by atoms with E-state index in [2.05, 4.69) is 22.2 Å². The average molecular weight is 437 g/mol. The lowest BCUT2D eigenvalue weighted by molar-refractivity contribution is -0.120. The molecule has 0 fully saturated rings. The first-order valence-electron chi connectivity index (χ1n) is 9.68. The molecule has 1 rings (SSSR count). The van der Waals surface area contributed by atoms with E-state index >= 15 is 0 Å². The number of carbonyl (C=O) groups is 3. The predicted octanol–water partition coefficient (Wildman–Crippen LogP) is 3.49. The summed E-state index contributed by atoms with van der Waals surface area (Å²) in [6, 6.07) is 2.15. The molecule has 0 aliphatic heterocycles. The van der Waals surface area contributed by atoms with Crippen LogP contribution in [0.1, 0.15) is 39.5 Å². The van der Waals surface area contributed by atoms with Gasteiger partial charge in [-0.1, -0.05) is 20.4 Å². The lowest BCUT2D eigenvalue weighted by Crippen LogP contribution is -2.48. The molecule has 1 unspecified atom stereocenters. The monoisotopic (exact) mass is 436 g/mol. The number of hydrogen-bond acceptors (Lipinski definition) is 5. The molecular weight excluding hydrogens is 408 g/mol. The number of rotatable bonds is 11. The minimum atomic E-state index is -0.745. The van der Waals surface area contributed by atoms with Crippen LogP contribution >= 0.6 is 11.6 Å². The van der Waals surface area contributed by atoms with Crippen LogP contribution in [0.2, 0.25) is 0 Å². The molecule has 164 valence electrons. The molecule has 1 aromatic heterocycles. The van der Waals surface area contributed by atoms with Gasteiger partial charge in [-0.3, -0.25) is 24.8 Å². The SMILES string of the molecule is C=CN(C(=O)CC(Cl)[C@@H](C/C=C(\CC)OC)NC(=O)NC(=O)CC)c1cccnc1. The number of methoxy groups -OCH3 is 1. The number of allylic oxidation sites excluding steroid dienone is 1. The maximum atomic E-state index is 12.8. The van der Waals surface area contributed by atoms with Crippen LogP contribution in [0, 0.1) is 0 Å². The first kappa shape index (κ1) is 25.2. The Morgan fingerprint density at radius 2 is 2.07 bits per heavy atom. The van der Waals surface area contributed by atoms with E-state index in [1.807, 2.05) is 6.92 Å². The van der Waals surface area contributed by atoms with E-state index in [1.165, 1.54) is 17.3 Å². The van der Waals surface area contributed by atoms with Gasteiger partial charge in [-0.2, -0.15) is 0 Å². The number of anilines is 1. The van der Waals surface area contributed by atoms with Crippen molar-refractivity contribution < 1.29 is 19.1 Å². The molecule has 9 heteroatoms. The van der Waals surface area contributed by atoms with E-state index in [9.17, 15) is 14.4 Å². The highest BCUT2D eigenvalue weighted by Crippen LogP contribution is 2.19. The summed E-state index contributed by atoms with van der Waals surface area (Å²) in [5.41, 5.74) is 0.560. The number of aromatic nitrogens is 1. The Morgan fingerprint density at radius 1 is 1.33 bits per heavy atom. The molecule has 0 aliphatic rings. The van der Waals surface area contributed by atoms with Gasteiger partial charge in [0.2, 0.25) is 11.8 Å². The zero-order valence-corrected chi connectivity index (χ0v) is 18.3. The molecule has 1 heterocycles. The standard InChI is InChI=1S/C21H29ClN4O4/c1-5-16(30-4)10-11-18(24-21(29)25-19(27)6-2)17(22)13-20(28)26(7-3)15-9-8-12-23-14-15/h7-10,12,14,17-18H,3,5-6,11,13H2,1-2,4H3,(H2,24,25,27,29)/b16-10+/t17?,18-/m1/s1. The van der Waals surface area contributed by atoms with Crippen LogP contribution in [0.3, 0.4) is 0 Å². The second-order valence-electron chi connectivity index (χ2n) is 6.32. The van der Waals surface area contributed by atoms with Crippen molar-refractivity contribution in [2.24, 2.45) is 0 Å². The summed E-state index contributed by atoms with van der Waals surface area (Å²) in [6.07, 6.45) is 7.42. The summed E-state index contributed by atoms with van der Waals surface area (Å²) in [5, 5.41) is 4.15. The molecular formula is C21H29ClN4O4.